The minimum atomic E-state index is 0.103. The van der Waals surface area contributed by atoms with Crippen molar-refractivity contribution in [3.63, 3.8) is 0 Å². The zero-order valence-electron chi connectivity index (χ0n) is 16.8. The van der Waals surface area contributed by atoms with E-state index in [9.17, 15) is 4.91 Å². The quantitative estimate of drug-likeness (QED) is 0.316. The van der Waals surface area contributed by atoms with Gasteiger partial charge in [-0.25, -0.2) is 15.0 Å². The van der Waals surface area contributed by atoms with E-state index in [1.165, 1.54) is 11.6 Å². The van der Waals surface area contributed by atoms with Gasteiger partial charge in [0.25, 0.3) is 0 Å². The first-order valence-corrected chi connectivity index (χ1v) is 9.54. The maximum atomic E-state index is 10.6. The molecule has 0 radical (unpaired) electrons. The first-order chi connectivity index (χ1) is 14.5. The molecule has 0 atom stereocenters. The molecule has 4 N–H and O–H groups in total. The topological polar surface area (TPSA) is 123 Å². The van der Waals surface area contributed by atoms with Gasteiger partial charge >= 0.3 is 0 Å². The van der Waals surface area contributed by atoms with E-state index in [-0.39, 0.29) is 11.5 Å². The SMILES string of the molecule is Cc1ccc(C)c(-c2cc3nccn3c(NCCNc3ccc(N=O)c(N)n3)n2)c1. The number of nitrogen functional groups attached to an aromatic ring is 1. The average molecular weight is 402 g/mol. The fourth-order valence-electron chi connectivity index (χ4n) is 3.21. The van der Waals surface area contributed by atoms with Gasteiger partial charge in [0.15, 0.2) is 5.82 Å². The number of aryl methyl sites for hydroxylation is 2. The van der Waals surface area contributed by atoms with Gasteiger partial charge in [0.2, 0.25) is 5.95 Å². The van der Waals surface area contributed by atoms with Crippen LogP contribution in [0.2, 0.25) is 0 Å². The summed E-state index contributed by atoms with van der Waals surface area (Å²) in [5, 5.41) is 9.33. The fourth-order valence-corrected chi connectivity index (χ4v) is 3.21. The van der Waals surface area contributed by atoms with Crippen LogP contribution in [0.1, 0.15) is 11.1 Å². The molecule has 0 amide bonds. The van der Waals surface area contributed by atoms with Crippen molar-refractivity contribution in [2.75, 3.05) is 29.5 Å². The number of nitrogens with zero attached hydrogens (tertiary/aromatic N) is 5. The van der Waals surface area contributed by atoms with E-state index < -0.39 is 0 Å². The van der Waals surface area contributed by atoms with Gasteiger partial charge in [-0.1, -0.05) is 17.7 Å². The third-order valence-corrected chi connectivity index (χ3v) is 4.77. The highest BCUT2D eigenvalue weighted by molar-refractivity contribution is 5.69. The number of nitrogens with one attached hydrogen (secondary N) is 2. The van der Waals surface area contributed by atoms with Gasteiger partial charge in [-0.2, -0.15) is 0 Å². The summed E-state index contributed by atoms with van der Waals surface area (Å²) >= 11 is 0. The highest BCUT2D eigenvalue weighted by atomic mass is 16.3. The van der Waals surface area contributed by atoms with Gasteiger partial charge in [-0.3, -0.25) is 4.40 Å². The number of fused-ring (bicyclic) bond motifs is 1. The summed E-state index contributed by atoms with van der Waals surface area (Å²) in [5.74, 6) is 1.38. The second-order valence-corrected chi connectivity index (χ2v) is 6.98. The Morgan fingerprint density at radius 3 is 2.70 bits per heavy atom. The van der Waals surface area contributed by atoms with Crippen molar-refractivity contribution in [1.29, 1.82) is 0 Å². The third kappa shape index (κ3) is 3.90. The lowest BCUT2D eigenvalue weighted by Gasteiger charge is -2.13. The molecule has 0 saturated carbocycles. The predicted octanol–water partition coefficient (Wildman–Crippen LogP) is 3.91. The minimum Gasteiger partial charge on any atom is -0.382 e. The van der Waals surface area contributed by atoms with E-state index in [0.717, 1.165) is 22.5 Å². The lowest BCUT2D eigenvalue weighted by Crippen LogP contribution is -2.17. The van der Waals surface area contributed by atoms with Gasteiger partial charge in [0.1, 0.15) is 17.2 Å². The molecule has 0 aliphatic heterocycles. The molecule has 0 unspecified atom stereocenters. The maximum absolute atomic E-state index is 10.6. The first kappa shape index (κ1) is 19.3. The van der Waals surface area contributed by atoms with Crippen molar-refractivity contribution in [2.45, 2.75) is 13.8 Å². The molecule has 0 saturated heterocycles. The highest BCUT2D eigenvalue weighted by Gasteiger charge is 2.10. The summed E-state index contributed by atoms with van der Waals surface area (Å²) in [6.45, 7) is 5.31. The van der Waals surface area contributed by atoms with Crippen LogP contribution >= 0.6 is 0 Å². The molecule has 4 rings (SSSR count). The van der Waals surface area contributed by atoms with E-state index in [1.807, 2.05) is 16.7 Å². The Hall–Kier alpha value is -4.01. The van der Waals surface area contributed by atoms with Crippen molar-refractivity contribution in [3.8, 4) is 11.3 Å². The molecule has 1 aromatic carbocycles. The van der Waals surface area contributed by atoms with E-state index >= 15 is 0 Å². The van der Waals surface area contributed by atoms with Gasteiger partial charge < -0.3 is 16.4 Å². The van der Waals surface area contributed by atoms with E-state index in [0.29, 0.717) is 24.9 Å². The zero-order chi connectivity index (χ0) is 21.1. The number of imidazole rings is 1. The average Bonchev–Trinajstić information content (AvgIpc) is 3.22. The first-order valence-electron chi connectivity index (χ1n) is 9.54. The Bertz CT molecular complexity index is 1220. The van der Waals surface area contributed by atoms with Gasteiger partial charge in [-0.15, -0.1) is 4.91 Å². The molecular weight excluding hydrogens is 380 g/mol. The van der Waals surface area contributed by atoms with Crippen LogP contribution in [-0.2, 0) is 0 Å². The predicted molar refractivity (Wildman–Crippen MR) is 119 cm³/mol. The Morgan fingerprint density at radius 2 is 1.90 bits per heavy atom. The van der Waals surface area contributed by atoms with Crippen molar-refractivity contribution in [2.24, 2.45) is 5.18 Å². The summed E-state index contributed by atoms with van der Waals surface area (Å²) in [4.78, 5) is 24.0. The number of rotatable bonds is 7. The van der Waals surface area contributed by atoms with Crippen LogP contribution in [0.25, 0.3) is 16.9 Å². The molecule has 3 aromatic heterocycles. The molecule has 0 spiro atoms. The van der Waals surface area contributed by atoms with Crippen LogP contribution in [-0.4, -0.2) is 32.4 Å². The number of hydrogen-bond acceptors (Lipinski definition) is 8. The summed E-state index contributed by atoms with van der Waals surface area (Å²) in [7, 11) is 0. The standard InChI is InChI=1S/C21H22N8O/c1-13-3-4-14(2)15(11-13)17-12-19-24-9-10-29(19)21(26-17)25-8-7-23-18-6-5-16(28-30)20(22)27-18/h3-6,9-12H,7-8H2,1-2H3,(H,25,26)(H3,22,23,27). The molecule has 0 bridgehead atoms. The Labute approximate surface area is 173 Å². The fraction of sp³-hybridized carbons (Fsp3) is 0.190. The van der Waals surface area contributed by atoms with Crippen LogP contribution in [0.4, 0.5) is 23.3 Å². The van der Waals surface area contributed by atoms with Gasteiger partial charge in [-0.05, 0) is 42.8 Å². The molecule has 9 heteroatoms. The van der Waals surface area contributed by atoms with E-state index in [1.54, 1.807) is 12.3 Å². The summed E-state index contributed by atoms with van der Waals surface area (Å²) in [6.07, 6.45) is 3.63. The lowest BCUT2D eigenvalue weighted by atomic mass is 10.0. The second-order valence-electron chi connectivity index (χ2n) is 6.98. The van der Waals surface area contributed by atoms with Crippen LogP contribution in [0, 0.1) is 18.8 Å². The zero-order valence-corrected chi connectivity index (χ0v) is 16.8. The van der Waals surface area contributed by atoms with Crippen LogP contribution < -0.4 is 16.4 Å². The molecule has 0 aliphatic carbocycles. The van der Waals surface area contributed by atoms with E-state index in [2.05, 4.69) is 57.8 Å². The number of aromatic nitrogens is 4. The number of hydrogen-bond donors (Lipinski definition) is 3. The minimum absolute atomic E-state index is 0.103. The molecule has 30 heavy (non-hydrogen) atoms. The lowest BCUT2D eigenvalue weighted by molar-refractivity contribution is 0.995. The van der Waals surface area contributed by atoms with Crippen LogP contribution in [0.5, 0.6) is 0 Å². The van der Waals surface area contributed by atoms with Gasteiger partial charge in [0.05, 0.1) is 5.69 Å². The number of nitroso groups, excluding NO2 is 1. The van der Waals surface area contributed by atoms with Crippen molar-refractivity contribution in [3.05, 3.63) is 64.8 Å². The highest BCUT2D eigenvalue weighted by Crippen LogP contribution is 2.26. The molecule has 0 aliphatic rings. The molecular formula is C21H22N8O. The number of pyridine rings is 1. The van der Waals surface area contributed by atoms with Crippen molar-refractivity contribution < 1.29 is 0 Å². The number of anilines is 3. The Balaban J connectivity index is 1.51. The Morgan fingerprint density at radius 1 is 1.07 bits per heavy atom. The Kier molecular flexibility index (Phi) is 5.25. The summed E-state index contributed by atoms with van der Waals surface area (Å²) in [6, 6.07) is 11.5. The molecule has 0 fully saturated rings. The monoisotopic (exact) mass is 402 g/mol. The third-order valence-electron chi connectivity index (χ3n) is 4.77. The second kappa shape index (κ2) is 8.16. The molecule has 4 aromatic rings. The van der Waals surface area contributed by atoms with Crippen molar-refractivity contribution in [1.82, 2.24) is 19.4 Å². The number of benzene rings is 1. The van der Waals surface area contributed by atoms with Gasteiger partial charge in [0, 0.05) is 37.1 Å². The number of nitrogens with two attached hydrogens (primary N) is 1. The summed E-state index contributed by atoms with van der Waals surface area (Å²) < 4.78 is 1.91. The smallest absolute Gasteiger partial charge is 0.209 e. The normalized spacial score (nSPS) is 10.9. The van der Waals surface area contributed by atoms with Crippen LogP contribution in [0.3, 0.4) is 0 Å². The summed E-state index contributed by atoms with van der Waals surface area (Å²) in [5.41, 5.74) is 10.9. The molecule has 9 nitrogen and oxygen atoms in total. The molecule has 152 valence electrons. The van der Waals surface area contributed by atoms with Crippen molar-refractivity contribution >= 4 is 28.9 Å². The van der Waals surface area contributed by atoms with Crippen LogP contribution in [0.15, 0.2) is 54.0 Å². The largest absolute Gasteiger partial charge is 0.382 e. The van der Waals surface area contributed by atoms with E-state index in [4.69, 9.17) is 10.7 Å². The maximum Gasteiger partial charge on any atom is 0.209 e. The molecule has 3 heterocycles.